The van der Waals surface area contributed by atoms with Gasteiger partial charge in [-0.05, 0) is 17.5 Å². The minimum absolute atomic E-state index is 0.130. The molecule has 0 bridgehead atoms. The first-order chi connectivity index (χ1) is 9.65. The molecule has 0 aliphatic heterocycles. The summed E-state index contributed by atoms with van der Waals surface area (Å²) in [6, 6.07) is 8.59. The summed E-state index contributed by atoms with van der Waals surface area (Å²) in [6.45, 7) is 0.296. The number of hydrogen-bond donors (Lipinski definition) is 2. The Balaban J connectivity index is 1.78. The number of pyridine rings is 1. The number of aromatic nitrogens is 1. The summed E-state index contributed by atoms with van der Waals surface area (Å²) >= 11 is 1.52. The molecule has 0 aliphatic rings. The molecule has 2 aromatic heterocycles. The predicted octanol–water partition coefficient (Wildman–Crippen LogP) is 0.630. The lowest BCUT2D eigenvalue weighted by molar-refractivity contribution is -0.120. The maximum Gasteiger partial charge on any atom is 0.250 e. The van der Waals surface area contributed by atoms with E-state index in [1.54, 1.807) is 18.3 Å². The lowest BCUT2D eigenvalue weighted by Gasteiger charge is -2.13. The lowest BCUT2D eigenvalue weighted by atomic mass is 10.3. The van der Waals surface area contributed by atoms with Crippen LogP contribution in [-0.2, 0) is 17.8 Å². The van der Waals surface area contributed by atoms with Gasteiger partial charge < -0.3 is 15.0 Å². The molecule has 0 saturated heterocycles. The minimum Gasteiger partial charge on any atom is -0.389 e. The molecule has 0 aliphatic carbocycles. The maximum atomic E-state index is 11.7. The smallest absolute Gasteiger partial charge is 0.250 e. The van der Waals surface area contributed by atoms with Crippen molar-refractivity contribution in [3.8, 4) is 0 Å². The molecule has 0 aromatic carbocycles. The number of nitrogens with zero attached hydrogens (tertiary/aromatic N) is 1. The van der Waals surface area contributed by atoms with Crippen LogP contribution in [0.15, 0.2) is 46.7 Å². The van der Waals surface area contributed by atoms with Crippen molar-refractivity contribution in [1.82, 2.24) is 9.88 Å². The Bertz CT molecular complexity index is 607. The van der Waals surface area contributed by atoms with Gasteiger partial charge in [0.05, 0.1) is 19.1 Å². The topological polar surface area (TPSA) is 71.3 Å². The van der Waals surface area contributed by atoms with E-state index in [9.17, 15) is 14.7 Å². The number of carbonyl (C=O) groups excluding carboxylic acids is 1. The first-order valence-corrected chi connectivity index (χ1v) is 7.16. The largest absolute Gasteiger partial charge is 0.389 e. The highest BCUT2D eigenvalue weighted by Gasteiger charge is 2.09. The van der Waals surface area contributed by atoms with Gasteiger partial charge in [0.1, 0.15) is 0 Å². The van der Waals surface area contributed by atoms with E-state index in [1.807, 2.05) is 17.5 Å². The molecule has 0 radical (unpaired) electrons. The zero-order chi connectivity index (χ0) is 14.4. The fourth-order valence-electron chi connectivity index (χ4n) is 1.77. The van der Waals surface area contributed by atoms with Gasteiger partial charge in [0.15, 0.2) is 0 Å². The second-order valence-electron chi connectivity index (χ2n) is 4.41. The van der Waals surface area contributed by atoms with Crippen LogP contribution in [0.2, 0.25) is 0 Å². The third kappa shape index (κ3) is 4.32. The van der Waals surface area contributed by atoms with Crippen LogP contribution in [0.25, 0.3) is 0 Å². The molecule has 1 atom stereocenters. The zero-order valence-electron chi connectivity index (χ0n) is 10.9. The number of thiophene rings is 1. The Morgan fingerprint density at radius 3 is 2.90 bits per heavy atom. The average molecular weight is 292 g/mol. The van der Waals surface area contributed by atoms with Crippen LogP contribution in [0, 0.1) is 0 Å². The summed E-state index contributed by atoms with van der Waals surface area (Å²) in [5, 5.41) is 14.4. The van der Waals surface area contributed by atoms with Crippen LogP contribution >= 0.6 is 11.3 Å². The normalized spacial score (nSPS) is 12.1. The van der Waals surface area contributed by atoms with E-state index >= 15 is 0 Å². The molecular weight excluding hydrogens is 276 g/mol. The standard InChI is InChI=1S/C14H16N2O3S/c17-11(10-16-6-2-1-5-14(16)19)9-15-13(18)8-12-4-3-7-20-12/h1-7,11,17H,8-10H2,(H,15,18)/t11-/m0/s1. The molecule has 2 aromatic rings. The second kappa shape index (κ2) is 7.02. The average Bonchev–Trinajstić information content (AvgIpc) is 2.92. The van der Waals surface area contributed by atoms with E-state index in [0.29, 0.717) is 6.42 Å². The minimum atomic E-state index is -0.789. The summed E-state index contributed by atoms with van der Waals surface area (Å²) in [5.41, 5.74) is -0.170. The van der Waals surface area contributed by atoms with Gasteiger partial charge >= 0.3 is 0 Å². The molecular formula is C14H16N2O3S. The monoisotopic (exact) mass is 292 g/mol. The van der Waals surface area contributed by atoms with Gasteiger partial charge in [-0.15, -0.1) is 11.3 Å². The van der Waals surface area contributed by atoms with E-state index in [-0.39, 0.29) is 24.6 Å². The van der Waals surface area contributed by atoms with Gasteiger partial charge in [0.25, 0.3) is 5.56 Å². The molecule has 1 amide bonds. The molecule has 0 spiro atoms. The number of hydrogen-bond acceptors (Lipinski definition) is 4. The Morgan fingerprint density at radius 2 is 2.20 bits per heavy atom. The molecule has 0 unspecified atom stereocenters. The summed E-state index contributed by atoms with van der Waals surface area (Å²) < 4.78 is 1.41. The van der Waals surface area contributed by atoms with E-state index in [1.165, 1.54) is 22.0 Å². The van der Waals surface area contributed by atoms with Crippen LogP contribution in [0.4, 0.5) is 0 Å². The van der Waals surface area contributed by atoms with Gasteiger partial charge in [0.2, 0.25) is 5.91 Å². The van der Waals surface area contributed by atoms with Crippen molar-refractivity contribution in [2.24, 2.45) is 0 Å². The van der Waals surface area contributed by atoms with Gasteiger partial charge in [-0.2, -0.15) is 0 Å². The third-order valence-corrected chi connectivity index (χ3v) is 3.63. The number of carbonyl (C=O) groups is 1. The van der Waals surface area contributed by atoms with Gasteiger partial charge in [0, 0.05) is 23.7 Å². The van der Waals surface area contributed by atoms with Crippen LogP contribution in [0.5, 0.6) is 0 Å². The van der Waals surface area contributed by atoms with E-state index in [4.69, 9.17) is 0 Å². The molecule has 2 heterocycles. The van der Waals surface area contributed by atoms with E-state index in [0.717, 1.165) is 4.88 Å². The second-order valence-corrected chi connectivity index (χ2v) is 5.44. The highest BCUT2D eigenvalue weighted by molar-refractivity contribution is 7.10. The van der Waals surface area contributed by atoms with E-state index < -0.39 is 6.10 Å². The zero-order valence-corrected chi connectivity index (χ0v) is 11.7. The maximum absolute atomic E-state index is 11.7. The Morgan fingerprint density at radius 1 is 1.35 bits per heavy atom. The number of aliphatic hydroxyl groups excluding tert-OH is 1. The van der Waals surface area contributed by atoms with Crippen LogP contribution < -0.4 is 10.9 Å². The molecule has 20 heavy (non-hydrogen) atoms. The quantitative estimate of drug-likeness (QED) is 0.820. The number of aliphatic hydroxyl groups is 1. The van der Waals surface area contributed by atoms with Gasteiger partial charge in [-0.3, -0.25) is 9.59 Å². The van der Waals surface area contributed by atoms with Gasteiger partial charge in [-0.1, -0.05) is 12.1 Å². The molecule has 6 heteroatoms. The molecule has 2 N–H and O–H groups in total. The Hall–Kier alpha value is -1.92. The molecule has 5 nitrogen and oxygen atoms in total. The fraction of sp³-hybridized carbons (Fsp3) is 0.286. The summed E-state index contributed by atoms with van der Waals surface area (Å²) in [6.07, 6.45) is 1.14. The first-order valence-electron chi connectivity index (χ1n) is 6.28. The van der Waals surface area contributed by atoms with Crippen molar-refractivity contribution in [3.63, 3.8) is 0 Å². The highest BCUT2D eigenvalue weighted by atomic mass is 32.1. The molecule has 106 valence electrons. The fourth-order valence-corrected chi connectivity index (χ4v) is 2.47. The number of amides is 1. The number of nitrogens with one attached hydrogen (secondary N) is 1. The first kappa shape index (κ1) is 14.5. The predicted molar refractivity (Wildman–Crippen MR) is 77.7 cm³/mol. The van der Waals surface area contributed by atoms with Gasteiger partial charge in [-0.25, -0.2) is 0 Å². The Labute approximate surface area is 120 Å². The number of rotatable bonds is 6. The lowest BCUT2D eigenvalue weighted by Crippen LogP contribution is -2.36. The van der Waals surface area contributed by atoms with Crippen LogP contribution in [0.3, 0.4) is 0 Å². The molecule has 2 rings (SSSR count). The molecule has 0 saturated carbocycles. The summed E-state index contributed by atoms with van der Waals surface area (Å²) in [7, 11) is 0. The van der Waals surface area contributed by atoms with Crippen molar-refractivity contribution in [2.45, 2.75) is 19.1 Å². The SMILES string of the molecule is O=C(Cc1cccs1)NC[C@H](O)Cn1ccccc1=O. The molecule has 0 fully saturated rings. The summed E-state index contributed by atoms with van der Waals surface area (Å²) in [4.78, 5) is 24.1. The van der Waals surface area contributed by atoms with Crippen molar-refractivity contribution >= 4 is 17.2 Å². The van der Waals surface area contributed by atoms with E-state index in [2.05, 4.69) is 5.32 Å². The van der Waals surface area contributed by atoms with Crippen LogP contribution in [-0.4, -0.2) is 28.2 Å². The third-order valence-electron chi connectivity index (χ3n) is 2.76. The van der Waals surface area contributed by atoms with Crippen molar-refractivity contribution in [1.29, 1.82) is 0 Å². The highest BCUT2D eigenvalue weighted by Crippen LogP contribution is 2.08. The van der Waals surface area contributed by atoms with Crippen molar-refractivity contribution < 1.29 is 9.90 Å². The van der Waals surface area contributed by atoms with Crippen molar-refractivity contribution in [3.05, 3.63) is 57.1 Å². The van der Waals surface area contributed by atoms with Crippen LogP contribution in [0.1, 0.15) is 4.88 Å². The Kier molecular flexibility index (Phi) is 5.09. The summed E-state index contributed by atoms with van der Waals surface area (Å²) in [5.74, 6) is -0.132. The van der Waals surface area contributed by atoms with Crippen molar-refractivity contribution in [2.75, 3.05) is 6.54 Å².